The van der Waals surface area contributed by atoms with Crippen LogP contribution < -0.4 is 5.32 Å². The third-order valence-electron chi connectivity index (χ3n) is 6.61. The molecule has 2 aromatic rings. The predicted octanol–water partition coefficient (Wildman–Crippen LogP) is 4.16. The molecule has 0 bridgehead atoms. The molecule has 1 N–H and O–H groups in total. The molecule has 1 saturated heterocycles. The van der Waals surface area contributed by atoms with Crippen LogP contribution in [0.4, 0.5) is 5.00 Å². The van der Waals surface area contributed by atoms with Gasteiger partial charge in [-0.2, -0.15) is 0 Å². The van der Waals surface area contributed by atoms with E-state index in [4.69, 9.17) is 4.74 Å². The molecule has 6 heteroatoms. The van der Waals surface area contributed by atoms with Gasteiger partial charge in [0.25, 0.3) is 5.91 Å². The monoisotopic (exact) mass is 424 g/mol. The largest absolute Gasteiger partial charge is 0.378 e. The van der Waals surface area contributed by atoms with Gasteiger partial charge in [0.2, 0.25) is 5.91 Å². The molecule has 5 rings (SSSR count). The lowest BCUT2D eigenvalue weighted by atomic mass is 9.82. The van der Waals surface area contributed by atoms with Crippen molar-refractivity contribution in [2.75, 3.05) is 31.6 Å². The quantitative estimate of drug-likeness (QED) is 0.805. The topological polar surface area (TPSA) is 58.6 Å². The zero-order valence-electron chi connectivity index (χ0n) is 17.2. The van der Waals surface area contributed by atoms with Crippen LogP contribution >= 0.6 is 11.3 Å². The Bertz CT molecular complexity index is 961. The van der Waals surface area contributed by atoms with Crippen LogP contribution in [0.25, 0.3) is 0 Å². The first-order valence-corrected chi connectivity index (χ1v) is 11.9. The van der Waals surface area contributed by atoms with Gasteiger partial charge in [0.15, 0.2) is 0 Å². The standard InChI is InChI=1S/C24H28N2O3S/c27-22(18-10-5-7-16-6-1-2-8-17(16)18)25-23-21(19-9-3-4-11-20(19)30-23)24(28)26-12-14-29-15-13-26/h1-2,6,8,18H,3-5,7,9-15H2,(H,25,27)/t18-/m1/s1. The average molecular weight is 425 g/mol. The molecular formula is C24H28N2O3S. The summed E-state index contributed by atoms with van der Waals surface area (Å²) in [6, 6.07) is 8.27. The van der Waals surface area contributed by atoms with E-state index in [2.05, 4.69) is 17.4 Å². The number of nitrogens with zero attached hydrogens (tertiary/aromatic N) is 1. The van der Waals surface area contributed by atoms with Crippen molar-refractivity contribution in [2.45, 2.75) is 50.9 Å². The number of morpholine rings is 1. The van der Waals surface area contributed by atoms with E-state index in [1.807, 2.05) is 17.0 Å². The Kier molecular flexibility index (Phi) is 5.61. The second-order valence-electron chi connectivity index (χ2n) is 8.45. The molecule has 30 heavy (non-hydrogen) atoms. The minimum absolute atomic E-state index is 0.0248. The molecule has 1 atom stereocenters. The molecule has 158 valence electrons. The van der Waals surface area contributed by atoms with Gasteiger partial charge >= 0.3 is 0 Å². The first-order chi connectivity index (χ1) is 14.7. The predicted molar refractivity (Wildman–Crippen MR) is 118 cm³/mol. The highest BCUT2D eigenvalue weighted by Crippen LogP contribution is 2.40. The zero-order chi connectivity index (χ0) is 20.5. The third kappa shape index (κ3) is 3.67. The van der Waals surface area contributed by atoms with E-state index in [1.165, 1.54) is 16.0 Å². The highest BCUT2D eigenvalue weighted by atomic mass is 32.1. The van der Waals surface area contributed by atoms with Crippen LogP contribution in [0.2, 0.25) is 0 Å². The van der Waals surface area contributed by atoms with Crippen molar-refractivity contribution in [3.8, 4) is 0 Å². The lowest BCUT2D eigenvalue weighted by Crippen LogP contribution is -2.41. The Labute approximate surface area is 181 Å². The molecule has 3 aliphatic rings. The molecule has 1 aromatic heterocycles. The van der Waals surface area contributed by atoms with E-state index in [0.717, 1.165) is 61.1 Å². The number of hydrogen-bond donors (Lipinski definition) is 1. The second kappa shape index (κ2) is 8.52. The summed E-state index contributed by atoms with van der Waals surface area (Å²) in [4.78, 5) is 29.9. The highest BCUT2D eigenvalue weighted by molar-refractivity contribution is 7.17. The fourth-order valence-electron chi connectivity index (χ4n) is 5.03. The van der Waals surface area contributed by atoms with Crippen LogP contribution in [0, 0.1) is 0 Å². The summed E-state index contributed by atoms with van der Waals surface area (Å²) in [6.07, 6.45) is 7.12. The Morgan fingerprint density at radius 2 is 1.83 bits per heavy atom. The lowest BCUT2D eigenvalue weighted by Gasteiger charge is -2.28. The van der Waals surface area contributed by atoms with Gasteiger partial charge in [-0.05, 0) is 61.6 Å². The average Bonchev–Trinajstić information content (AvgIpc) is 3.16. The molecule has 2 amide bonds. The van der Waals surface area contributed by atoms with Crippen molar-refractivity contribution in [2.24, 2.45) is 0 Å². The SMILES string of the molecule is O=C(Nc1sc2c(c1C(=O)N1CCOCC1)CCCC2)[C@@H]1CCCc2ccccc21. The summed E-state index contributed by atoms with van der Waals surface area (Å²) in [6.45, 7) is 2.40. The summed E-state index contributed by atoms with van der Waals surface area (Å²) in [5, 5.41) is 3.96. The van der Waals surface area contributed by atoms with Gasteiger partial charge in [0.1, 0.15) is 5.00 Å². The Morgan fingerprint density at radius 1 is 1.03 bits per heavy atom. The van der Waals surface area contributed by atoms with Gasteiger partial charge in [-0.3, -0.25) is 9.59 Å². The van der Waals surface area contributed by atoms with Gasteiger partial charge in [-0.15, -0.1) is 11.3 Å². The minimum atomic E-state index is -0.139. The third-order valence-corrected chi connectivity index (χ3v) is 7.81. The molecule has 0 radical (unpaired) electrons. The number of amides is 2. The molecule has 0 saturated carbocycles. The van der Waals surface area contributed by atoms with Crippen LogP contribution in [-0.2, 0) is 28.8 Å². The van der Waals surface area contributed by atoms with Crippen LogP contribution in [-0.4, -0.2) is 43.0 Å². The molecule has 2 heterocycles. The number of rotatable bonds is 3. The maximum Gasteiger partial charge on any atom is 0.257 e. The number of aryl methyl sites for hydroxylation is 2. The number of ether oxygens (including phenoxy) is 1. The Hall–Kier alpha value is -2.18. The number of fused-ring (bicyclic) bond motifs is 2. The first kappa shape index (κ1) is 19.8. The molecule has 1 aromatic carbocycles. The molecule has 1 aliphatic heterocycles. The molecule has 0 spiro atoms. The lowest BCUT2D eigenvalue weighted by molar-refractivity contribution is -0.117. The molecule has 0 unspecified atom stereocenters. The molecule has 1 fully saturated rings. The smallest absolute Gasteiger partial charge is 0.257 e. The molecule has 5 nitrogen and oxygen atoms in total. The van der Waals surface area contributed by atoms with Gasteiger partial charge < -0.3 is 15.0 Å². The fraction of sp³-hybridized carbons (Fsp3) is 0.500. The molecular weight excluding hydrogens is 396 g/mol. The normalized spacial score (nSPS) is 20.9. The van der Waals surface area contributed by atoms with Gasteiger partial charge in [0, 0.05) is 18.0 Å². The van der Waals surface area contributed by atoms with E-state index in [0.29, 0.717) is 26.3 Å². The van der Waals surface area contributed by atoms with E-state index in [9.17, 15) is 9.59 Å². The zero-order valence-corrected chi connectivity index (χ0v) is 18.1. The highest BCUT2D eigenvalue weighted by Gasteiger charge is 2.32. The van der Waals surface area contributed by atoms with Crippen LogP contribution in [0.1, 0.15) is 63.5 Å². The summed E-state index contributed by atoms with van der Waals surface area (Å²) >= 11 is 1.62. The summed E-state index contributed by atoms with van der Waals surface area (Å²) < 4.78 is 5.43. The minimum Gasteiger partial charge on any atom is -0.378 e. The number of carbonyl (C=O) groups is 2. The summed E-state index contributed by atoms with van der Waals surface area (Å²) in [7, 11) is 0. The number of benzene rings is 1. The first-order valence-electron chi connectivity index (χ1n) is 11.1. The maximum atomic E-state index is 13.4. The van der Waals surface area contributed by atoms with E-state index >= 15 is 0 Å². The fourth-order valence-corrected chi connectivity index (χ4v) is 6.31. The van der Waals surface area contributed by atoms with Crippen LogP contribution in [0.5, 0.6) is 0 Å². The van der Waals surface area contributed by atoms with Gasteiger partial charge in [-0.25, -0.2) is 0 Å². The van der Waals surface area contributed by atoms with Crippen molar-refractivity contribution in [3.63, 3.8) is 0 Å². The second-order valence-corrected chi connectivity index (χ2v) is 9.56. The summed E-state index contributed by atoms with van der Waals surface area (Å²) in [5.41, 5.74) is 4.33. The Morgan fingerprint density at radius 3 is 2.70 bits per heavy atom. The Balaban J connectivity index is 1.45. The van der Waals surface area contributed by atoms with E-state index in [1.54, 1.807) is 11.3 Å². The molecule has 2 aliphatic carbocycles. The number of hydrogen-bond acceptors (Lipinski definition) is 4. The maximum absolute atomic E-state index is 13.4. The van der Waals surface area contributed by atoms with Crippen molar-refractivity contribution in [1.82, 2.24) is 4.90 Å². The van der Waals surface area contributed by atoms with Crippen molar-refractivity contribution < 1.29 is 14.3 Å². The van der Waals surface area contributed by atoms with Crippen molar-refractivity contribution >= 4 is 28.2 Å². The number of thiophene rings is 1. The van der Waals surface area contributed by atoms with Gasteiger partial charge in [-0.1, -0.05) is 24.3 Å². The summed E-state index contributed by atoms with van der Waals surface area (Å²) in [5.74, 6) is -0.0609. The van der Waals surface area contributed by atoms with Crippen LogP contribution in [0.3, 0.4) is 0 Å². The number of carbonyl (C=O) groups excluding carboxylic acids is 2. The number of nitrogens with one attached hydrogen (secondary N) is 1. The number of anilines is 1. The van der Waals surface area contributed by atoms with E-state index < -0.39 is 0 Å². The van der Waals surface area contributed by atoms with Gasteiger partial charge in [0.05, 0.1) is 24.7 Å². The van der Waals surface area contributed by atoms with Crippen LogP contribution in [0.15, 0.2) is 24.3 Å². The van der Waals surface area contributed by atoms with E-state index in [-0.39, 0.29) is 17.7 Å². The van der Waals surface area contributed by atoms with Crippen molar-refractivity contribution in [3.05, 3.63) is 51.4 Å². The van der Waals surface area contributed by atoms with Crippen molar-refractivity contribution in [1.29, 1.82) is 0 Å².